The standard InChI is InChI=1S/C13H20N2O4/c1-4-15-12(16)8-14-7-9-5-10(18-2)13(17)11(6-9)19-3/h5-6,14,17H,4,7-8H2,1-3H3,(H,15,16). The lowest BCUT2D eigenvalue weighted by atomic mass is 10.2. The third-order valence-electron chi connectivity index (χ3n) is 2.53. The molecule has 0 saturated carbocycles. The number of hydrogen-bond acceptors (Lipinski definition) is 5. The van der Waals surface area contributed by atoms with Crippen LogP contribution in [0.4, 0.5) is 0 Å². The van der Waals surface area contributed by atoms with Crippen LogP contribution in [0.3, 0.4) is 0 Å². The van der Waals surface area contributed by atoms with Crippen LogP contribution in [0.5, 0.6) is 17.2 Å². The number of carbonyl (C=O) groups excluding carboxylic acids is 1. The fourth-order valence-electron chi connectivity index (χ4n) is 1.63. The molecule has 0 unspecified atom stereocenters. The van der Waals surface area contributed by atoms with Crippen LogP contribution in [0.1, 0.15) is 12.5 Å². The Morgan fingerprint density at radius 3 is 2.32 bits per heavy atom. The number of phenolic OH excluding ortho intramolecular Hbond substituents is 1. The highest BCUT2D eigenvalue weighted by Gasteiger charge is 2.11. The van der Waals surface area contributed by atoms with E-state index in [0.717, 1.165) is 5.56 Å². The lowest BCUT2D eigenvalue weighted by Crippen LogP contribution is -2.33. The molecule has 3 N–H and O–H groups in total. The highest BCUT2D eigenvalue weighted by atomic mass is 16.5. The first kappa shape index (κ1) is 15.1. The first-order valence-corrected chi connectivity index (χ1v) is 6.03. The number of benzene rings is 1. The second-order valence-corrected chi connectivity index (χ2v) is 3.91. The second kappa shape index (κ2) is 7.48. The molecule has 1 aromatic rings. The first-order valence-electron chi connectivity index (χ1n) is 6.03. The van der Waals surface area contributed by atoms with E-state index in [0.29, 0.717) is 24.6 Å². The van der Waals surface area contributed by atoms with E-state index in [1.54, 1.807) is 12.1 Å². The van der Waals surface area contributed by atoms with Gasteiger partial charge in [-0.1, -0.05) is 0 Å². The Morgan fingerprint density at radius 2 is 1.84 bits per heavy atom. The van der Waals surface area contributed by atoms with Gasteiger partial charge in [0.1, 0.15) is 0 Å². The molecule has 1 rings (SSSR count). The van der Waals surface area contributed by atoms with Crippen molar-refractivity contribution >= 4 is 5.91 Å². The second-order valence-electron chi connectivity index (χ2n) is 3.91. The molecule has 19 heavy (non-hydrogen) atoms. The van der Waals surface area contributed by atoms with Gasteiger partial charge in [0.2, 0.25) is 11.7 Å². The number of likely N-dealkylation sites (N-methyl/N-ethyl adjacent to an activating group) is 1. The van der Waals surface area contributed by atoms with Gasteiger partial charge in [0.15, 0.2) is 11.5 Å². The smallest absolute Gasteiger partial charge is 0.233 e. The fourth-order valence-corrected chi connectivity index (χ4v) is 1.63. The zero-order valence-corrected chi connectivity index (χ0v) is 11.4. The monoisotopic (exact) mass is 268 g/mol. The van der Waals surface area contributed by atoms with Crippen molar-refractivity contribution in [1.29, 1.82) is 0 Å². The van der Waals surface area contributed by atoms with Gasteiger partial charge in [-0.15, -0.1) is 0 Å². The molecule has 0 saturated heterocycles. The zero-order valence-electron chi connectivity index (χ0n) is 11.4. The van der Waals surface area contributed by atoms with Gasteiger partial charge in [-0.2, -0.15) is 0 Å². The molecular weight excluding hydrogens is 248 g/mol. The molecule has 0 aromatic heterocycles. The molecule has 0 radical (unpaired) electrons. The highest BCUT2D eigenvalue weighted by molar-refractivity contribution is 5.77. The fraction of sp³-hybridized carbons (Fsp3) is 0.462. The number of aromatic hydroxyl groups is 1. The topological polar surface area (TPSA) is 79.8 Å². The molecule has 0 aliphatic carbocycles. The summed E-state index contributed by atoms with van der Waals surface area (Å²) >= 11 is 0. The Hall–Kier alpha value is -1.95. The van der Waals surface area contributed by atoms with Crippen LogP contribution < -0.4 is 20.1 Å². The van der Waals surface area contributed by atoms with Gasteiger partial charge >= 0.3 is 0 Å². The Kier molecular flexibility index (Phi) is 5.95. The maximum atomic E-state index is 11.3. The molecule has 0 spiro atoms. The number of ether oxygens (including phenoxy) is 2. The predicted octanol–water partition coefficient (Wildman–Crippen LogP) is 0.635. The van der Waals surface area contributed by atoms with E-state index in [2.05, 4.69) is 10.6 Å². The van der Waals surface area contributed by atoms with Crippen LogP contribution in [0.2, 0.25) is 0 Å². The van der Waals surface area contributed by atoms with Crippen molar-refractivity contribution in [2.75, 3.05) is 27.3 Å². The summed E-state index contributed by atoms with van der Waals surface area (Å²) in [6, 6.07) is 3.39. The van der Waals surface area contributed by atoms with Crippen molar-refractivity contribution in [2.24, 2.45) is 0 Å². The minimum atomic E-state index is -0.0554. The number of nitrogens with one attached hydrogen (secondary N) is 2. The maximum absolute atomic E-state index is 11.3. The summed E-state index contributed by atoms with van der Waals surface area (Å²) in [6.45, 7) is 3.19. The number of rotatable bonds is 7. The van der Waals surface area contributed by atoms with Gasteiger partial charge in [0, 0.05) is 13.1 Å². The van der Waals surface area contributed by atoms with E-state index in [9.17, 15) is 9.90 Å². The number of carbonyl (C=O) groups is 1. The third-order valence-corrected chi connectivity index (χ3v) is 2.53. The summed E-state index contributed by atoms with van der Waals surface area (Å²) in [5, 5.41) is 15.5. The van der Waals surface area contributed by atoms with Crippen molar-refractivity contribution in [1.82, 2.24) is 10.6 Å². The molecule has 0 aliphatic heterocycles. The Labute approximate surface area is 112 Å². The van der Waals surface area contributed by atoms with Crippen molar-refractivity contribution in [2.45, 2.75) is 13.5 Å². The molecule has 1 aromatic carbocycles. The van der Waals surface area contributed by atoms with Gasteiger partial charge in [0.05, 0.1) is 20.8 Å². The number of amides is 1. The molecule has 0 aliphatic rings. The normalized spacial score (nSPS) is 10.1. The third kappa shape index (κ3) is 4.33. The number of methoxy groups -OCH3 is 2. The summed E-state index contributed by atoms with van der Waals surface area (Å²) in [6.07, 6.45) is 0. The Morgan fingerprint density at radius 1 is 1.26 bits per heavy atom. The molecule has 0 atom stereocenters. The molecule has 0 heterocycles. The molecule has 0 bridgehead atoms. The SMILES string of the molecule is CCNC(=O)CNCc1cc(OC)c(O)c(OC)c1. The maximum Gasteiger partial charge on any atom is 0.233 e. The number of hydrogen-bond donors (Lipinski definition) is 3. The van der Waals surface area contributed by atoms with Crippen LogP contribution in [-0.4, -0.2) is 38.3 Å². The van der Waals surface area contributed by atoms with Gasteiger partial charge in [-0.25, -0.2) is 0 Å². The average Bonchev–Trinajstić information content (AvgIpc) is 2.40. The van der Waals surface area contributed by atoms with Gasteiger partial charge in [0.25, 0.3) is 0 Å². The molecule has 1 amide bonds. The summed E-state index contributed by atoms with van der Waals surface area (Å²) in [5.41, 5.74) is 0.857. The first-order chi connectivity index (χ1) is 9.12. The van der Waals surface area contributed by atoms with Crippen LogP contribution in [0.15, 0.2) is 12.1 Å². The summed E-state index contributed by atoms with van der Waals surface area (Å²) in [7, 11) is 2.95. The largest absolute Gasteiger partial charge is 0.502 e. The minimum Gasteiger partial charge on any atom is -0.502 e. The van der Waals surface area contributed by atoms with Crippen LogP contribution in [0, 0.1) is 0 Å². The summed E-state index contributed by atoms with van der Waals surface area (Å²) in [4.78, 5) is 11.3. The molecule has 106 valence electrons. The predicted molar refractivity (Wildman–Crippen MR) is 71.6 cm³/mol. The highest BCUT2D eigenvalue weighted by Crippen LogP contribution is 2.36. The van der Waals surface area contributed by atoms with Gasteiger partial charge < -0.3 is 25.2 Å². The van der Waals surface area contributed by atoms with E-state index in [1.807, 2.05) is 6.92 Å². The summed E-state index contributed by atoms with van der Waals surface area (Å²) in [5.74, 6) is 0.598. The van der Waals surface area contributed by atoms with Crippen molar-refractivity contribution < 1.29 is 19.4 Å². The van der Waals surface area contributed by atoms with E-state index in [4.69, 9.17) is 9.47 Å². The minimum absolute atomic E-state index is 0.0301. The average molecular weight is 268 g/mol. The molecule has 0 fully saturated rings. The van der Waals surface area contributed by atoms with E-state index in [1.165, 1.54) is 14.2 Å². The van der Waals surface area contributed by atoms with E-state index in [-0.39, 0.29) is 18.2 Å². The quantitative estimate of drug-likeness (QED) is 0.676. The Balaban J connectivity index is 2.66. The molecule has 6 heteroatoms. The number of phenols is 1. The Bertz CT molecular complexity index is 410. The van der Waals surface area contributed by atoms with Gasteiger partial charge in [-0.05, 0) is 24.6 Å². The van der Waals surface area contributed by atoms with Crippen molar-refractivity contribution in [3.8, 4) is 17.2 Å². The lowest BCUT2D eigenvalue weighted by molar-refractivity contribution is -0.120. The lowest BCUT2D eigenvalue weighted by Gasteiger charge is -2.11. The molecule has 6 nitrogen and oxygen atoms in total. The van der Waals surface area contributed by atoms with Crippen molar-refractivity contribution in [3.05, 3.63) is 17.7 Å². The van der Waals surface area contributed by atoms with Crippen LogP contribution in [0.25, 0.3) is 0 Å². The van der Waals surface area contributed by atoms with Crippen LogP contribution in [-0.2, 0) is 11.3 Å². The summed E-state index contributed by atoms with van der Waals surface area (Å²) < 4.78 is 10.1. The molecular formula is C13H20N2O4. The van der Waals surface area contributed by atoms with Crippen LogP contribution >= 0.6 is 0 Å². The van der Waals surface area contributed by atoms with Crippen molar-refractivity contribution in [3.63, 3.8) is 0 Å². The zero-order chi connectivity index (χ0) is 14.3. The van der Waals surface area contributed by atoms with Gasteiger partial charge in [-0.3, -0.25) is 4.79 Å². The van der Waals surface area contributed by atoms with E-state index >= 15 is 0 Å². The van der Waals surface area contributed by atoms with E-state index < -0.39 is 0 Å².